The Balaban J connectivity index is 2.88. The number of anilines is 1. The number of carbonyl (C=O) groups excluding carboxylic acids is 1. The molecule has 0 radical (unpaired) electrons. The van der Waals surface area contributed by atoms with Gasteiger partial charge in [-0.05, 0) is 12.3 Å². The molecule has 0 aliphatic rings. The molecule has 6 heteroatoms. The summed E-state index contributed by atoms with van der Waals surface area (Å²) in [5.74, 6) is -0.00560. The number of hydrogen-bond acceptors (Lipinski definition) is 4. The normalized spacial score (nSPS) is 10.1. The van der Waals surface area contributed by atoms with Crippen molar-refractivity contribution in [1.29, 1.82) is 0 Å². The highest BCUT2D eigenvalue weighted by molar-refractivity contribution is 7.98. The number of pyridine rings is 1. The molecule has 4 nitrogen and oxygen atoms in total. The first-order valence-electron chi connectivity index (χ1n) is 5.18. The smallest absolute Gasteiger partial charge is 0.256 e. The van der Waals surface area contributed by atoms with E-state index in [0.29, 0.717) is 6.54 Å². The minimum Gasteiger partial charge on any atom is -0.371 e. The molecule has 1 heterocycles. The molecule has 1 amide bonds. The second-order valence-electron chi connectivity index (χ2n) is 3.49. The Labute approximate surface area is 105 Å². The number of nitrogens with zero attached hydrogens (tertiary/aromatic N) is 2. The Morgan fingerprint density at radius 3 is 2.94 bits per heavy atom. The molecule has 1 aromatic rings. The highest BCUT2D eigenvalue weighted by atomic mass is 32.2. The number of aromatic nitrogens is 1. The SMILES string of the molecule is CNc1nccc(C(=O)N(C)CCSC)c1F. The van der Waals surface area contributed by atoms with Gasteiger partial charge in [-0.1, -0.05) is 0 Å². The van der Waals surface area contributed by atoms with Gasteiger partial charge in [0.2, 0.25) is 0 Å². The molecular weight excluding hydrogens is 241 g/mol. The minimum absolute atomic E-state index is 0.0490. The average molecular weight is 257 g/mol. The first kappa shape index (κ1) is 13.8. The summed E-state index contributed by atoms with van der Waals surface area (Å²) in [4.78, 5) is 17.3. The highest BCUT2D eigenvalue weighted by Gasteiger charge is 2.18. The minimum atomic E-state index is -0.601. The van der Waals surface area contributed by atoms with Crippen molar-refractivity contribution in [3.05, 3.63) is 23.6 Å². The molecule has 17 heavy (non-hydrogen) atoms. The fraction of sp³-hybridized carbons (Fsp3) is 0.455. The molecule has 1 aromatic heterocycles. The van der Waals surface area contributed by atoms with Gasteiger partial charge < -0.3 is 10.2 Å². The third kappa shape index (κ3) is 3.33. The van der Waals surface area contributed by atoms with Crippen LogP contribution in [-0.2, 0) is 0 Å². The number of carbonyl (C=O) groups is 1. The maximum absolute atomic E-state index is 13.8. The Bertz CT molecular complexity index is 400. The Morgan fingerprint density at radius 2 is 2.35 bits per heavy atom. The zero-order chi connectivity index (χ0) is 12.8. The summed E-state index contributed by atoms with van der Waals surface area (Å²) in [6, 6.07) is 1.40. The number of rotatable bonds is 5. The molecule has 0 saturated heterocycles. The van der Waals surface area contributed by atoms with Crippen molar-refractivity contribution >= 4 is 23.5 Å². The summed E-state index contributed by atoms with van der Waals surface area (Å²) >= 11 is 1.64. The fourth-order valence-electron chi connectivity index (χ4n) is 1.32. The van der Waals surface area contributed by atoms with E-state index in [1.165, 1.54) is 17.2 Å². The number of nitrogens with one attached hydrogen (secondary N) is 1. The van der Waals surface area contributed by atoms with Crippen molar-refractivity contribution in [1.82, 2.24) is 9.88 Å². The van der Waals surface area contributed by atoms with E-state index < -0.39 is 5.82 Å². The van der Waals surface area contributed by atoms with Gasteiger partial charge in [0.1, 0.15) is 0 Å². The van der Waals surface area contributed by atoms with Crippen molar-refractivity contribution in [3.63, 3.8) is 0 Å². The van der Waals surface area contributed by atoms with Crippen molar-refractivity contribution in [3.8, 4) is 0 Å². The summed E-state index contributed by atoms with van der Waals surface area (Å²) < 4.78 is 13.8. The fourth-order valence-corrected chi connectivity index (χ4v) is 1.78. The van der Waals surface area contributed by atoms with Crippen molar-refractivity contribution in [2.45, 2.75) is 0 Å². The molecule has 0 aromatic carbocycles. The van der Waals surface area contributed by atoms with Crippen LogP contribution in [0.4, 0.5) is 10.2 Å². The first-order chi connectivity index (χ1) is 8.11. The predicted octanol–water partition coefficient (Wildman–Crippen LogP) is 1.70. The third-order valence-electron chi connectivity index (χ3n) is 2.33. The van der Waals surface area contributed by atoms with Crippen LogP contribution in [0.2, 0.25) is 0 Å². The lowest BCUT2D eigenvalue weighted by Gasteiger charge is -2.17. The van der Waals surface area contributed by atoms with E-state index in [1.807, 2.05) is 6.26 Å². The van der Waals surface area contributed by atoms with E-state index in [0.717, 1.165) is 5.75 Å². The van der Waals surface area contributed by atoms with E-state index >= 15 is 0 Å². The summed E-state index contributed by atoms with van der Waals surface area (Å²) in [6.45, 7) is 0.594. The number of halogens is 1. The Morgan fingerprint density at radius 1 is 1.65 bits per heavy atom. The molecule has 0 aliphatic heterocycles. The van der Waals surface area contributed by atoms with Crippen LogP contribution in [-0.4, -0.2) is 48.4 Å². The molecule has 1 N–H and O–H groups in total. The van der Waals surface area contributed by atoms with Crippen LogP contribution in [0.15, 0.2) is 12.3 Å². The maximum atomic E-state index is 13.8. The van der Waals surface area contributed by atoms with Crippen LogP contribution < -0.4 is 5.32 Å². The molecule has 0 fully saturated rings. The van der Waals surface area contributed by atoms with Gasteiger partial charge in [-0.3, -0.25) is 4.79 Å². The summed E-state index contributed by atoms with van der Waals surface area (Å²) in [5, 5.41) is 2.61. The van der Waals surface area contributed by atoms with Gasteiger partial charge >= 0.3 is 0 Å². The van der Waals surface area contributed by atoms with Gasteiger partial charge in [0.05, 0.1) is 5.56 Å². The summed E-state index contributed by atoms with van der Waals surface area (Å²) in [5.41, 5.74) is 0.0490. The number of hydrogen-bond donors (Lipinski definition) is 1. The van der Waals surface area contributed by atoms with Crippen molar-refractivity contribution in [2.75, 3.05) is 38.0 Å². The first-order valence-corrected chi connectivity index (χ1v) is 6.57. The topological polar surface area (TPSA) is 45.2 Å². The van der Waals surface area contributed by atoms with Gasteiger partial charge in [0.25, 0.3) is 5.91 Å². The second kappa shape index (κ2) is 6.44. The second-order valence-corrected chi connectivity index (χ2v) is 4.48. The van der Waals surface area contributed by atoms with Crippen LogP contribution >= 0.6 is 11.8 Å². The van der Waals surface area contributed by atoms with Gasteiger partial charge in [-0.2, -0.15) is 11.8 Å². The molecular formula is C11H16FN3OS. The van der Waals surface area contributed by atoms with Crippen LogP contribution in [0, 0.1) is 5.82 Å². The molecule has 0 aliphatic carbocycles. The van der Waals surface area contributed by atoms with Crippen LogP contribution in [0.25, 0.3) is 0 Å². The number of thioether (sulfide) groups is 1. The Kier molecular flexibility index (Phi) is 5.21. The highest BCUT2D eigenvalue weighted by Crippen LogP contribution is 2.16. The molecule has 0 bridgehead atoms. The lowest BCUT2D eigenvalue weighted by molar-refractivity contribution is 0.0799. The van der Waals surface area contributed by atoms with Crippen LogP contribution in [0.1, 0.15) is 10.4 Å². The largest absolute Gasteiger partial charge is 0.371 e. The molecule has 0 unspecified atom stereocenters. The van der Waals surface area contributed by atoms with Gasteiger partial charge in [-0.15, -0.1) is 0 Å². The zero-order valence-electron chi connectivity index (χ0n) is 10.2. The van der Waals surface area contributed by atoms with Gasteiger partial charge in [0, 0.05) is 32.6 Å². The predicted molar refractivity (Wildman–Crippen MR) is 69.1 cm³/mol. The molecule has 0 saturated carbocycles. The summed E-state index contributed by atoms with van der Waals surface area (Å²) in [7, 11) is 3.23. The lowest BCUT2D eigenvalue weighted by Crippen LogP contribution is -2.29. The van der Waals surface area contributed by atoms with E-state index in [-0.39, 0.29) is 17.3 Å². The lowest BCUT2D eigenvalue weighted by atomic mass is 10.2. The van der Waals surface area contributed by atoms with Gasteiger partial charge in [-0.25, -0.2) is 9.37 Å². The van der Waals surface area contributed by atoms with Gasteiger partial charge in [0.15, 0.2) is 11.6 Å². The van der Waals surface area contributed by atoms with Crippen LogP contribution in [0.3, 0.4) is 0 Å². The van der Waals surface area contributed by atoms with Crippen molar-refractivity contribution in [2.24, 2.45) is 0 Å². The third-order valence-corrected chi connectivity index (χ3v) is 2.92. The molecule has 1 rings (SSSR count). The molecule has 0 spiro atoms. The quantitative estimate of drug-likeness (QED) is 0.872. The van der Waals surface area contributed by atoms with E-state index in [1.54, 1.807) is 25.9 Å². The van der Waals surface area contributed by atoms with E-state index in [9.17, 15) is 9.18 Å². The van der Waals surface area contributed by atoms with E-state index in [2.05, 4.69) is 10.3 Å². The maximum Gasteiger partial charge on any atom is 0.256 e. The summed E-state index contributed by atoms with van der Waals surface area (Å²) in [6.07, 6.45) is 3.38. The molecule has 0 atom stereocenters. The number of amides is 1. The van der Waals surface area contributed by atoms with Crippen molar-refractivity contribution < 1.29 is 9.18 Å². The monoisotopic (exact) mass is 257 g/mol. The zero-order valence-corrected chi connectivity index (χ0v) is 11.0. The van der Waals surface area contributed by atoms with E-state index in [4.69, 9.17) is 0 Å². The molecule has 94 valence electrons. The van der Waals surface area contributed by atoms with Crippen LogP contribution in [0.5, 0.6) is 0 Å². The standard InChI is InChI=1S/C11H16FN3OS/c1-13-10-9(12)8(4-5-14-10)11(16)15(2)6-7-17-3/h4-5H,6-7H2,1-3H3,(H,13,14). The Hall–Kier alpha value is -1.30. The average Bonchev–Trinajstić information content (AvgIpc) is 2.35.